The molecule has 0 saturated heterocycles. The van der Waals surface area contributed by atoms with Gasteiger partial charge in [0.1, 0.15) is 11.6 Å². The first-order chi connectivity index (χ1) is 15.5. The summed E-state index contributed by atoms with van der Waals surface area (Å²) in [5.74, 6) is 2.20. The summed E-state index contributed by atoms with van der Waals surface area (Å²) in [6.45, 7) is 1.79. The van der Waals surface area contributed by atoms with Crippen LogP contribution < -0.4 is 20.3 Å². The predicted octanol–water partition coefficient (Wildman–Crippen LogP) is 4.00. The maximum Gasteiger partial charge on any atom is 0.260 e. The predicted molar refractivity (Wildman–Crippen MR) is 128 cm³/mol. The lowest BCUT2D eigenvalue weighted by Gasteiger charge is -2.30. The molecule has 1 aromatic heterocycles. The monoisotopic (exact) mass is 433 g/mol. The molecule has 1 unspecified atom stereocenters. The number of ether oxygens (including phenoxy) is 1. The van der Waals surface area contributed by atoms with Crippen LogP contribution in [0, 0.1) is 0 Å². The van der Waals surface area contributed by atoms with Crippen molar-refractivity contribution in [3.63, 3.8) is 0 Å². The Morgan fingerprint density at radius 1 is 0.969 bits per heavy atom. The summed E-state index contributed by atoms with van der Waals surface area (Å²) in [6.07, 6.45) is 3.20. The van der Waals surface area contributed by atoms with Gasteiger partial charge in [0, 0.05) is 31.6 Å². The molecule has 4 rings (SSSR count). The van der Waals surface area contributed by atoms with Gasteiger partial charge >= 0.3 is 0 Å². The minimum atomic E-state index is -0.524. The van der Waals surface area contributed by atoms with E-state index >= 15 is 0 Å². The fourth-order valence-electron chi connectivity index (χ4n) is 4.11. The molecule has 1 aliphatic rings. The Hall–Kier alpha value is -3.35. The third-order valence-electron chi connectivity index (χ3n) is 5.84. The number of hydrogen-bond donors (Lipinski definition) is 2. The van der Waals surface area contributed by atoms with Gasteiger partial charge in [0.05, 0.1) is 5.52 Å². The van der Waals surface area contributed by atoms with E-state index in [4.69, 9.17) is 14.7 Å². The van der Waals surface area contributed by atoms with E-state index in [1.807, 2.05) is 73.6 Å². The highest BCUT2D eigenvalue weighted by atomic mass is 16.5. The van der Waals surface area contributed by atoms with Crippen LogP contribution in [0.3, 0.4) is 0 Å². The molecule has 1 heterocycles. The number of aromatic nitrogens is 2. The first-order valence-electron chi connectivity index (χ1n) is 11.2. The quantitative estimate of drug-likeness (QED) is 0.586. The topological polar surface area (TPSA) is 79.4 Å². The molecule has 1 saturated carbocycles. The van der Waals surface area contributed by atoms with Crippen LogP contribution in [0.1, 0.15) is 32.6 Å². The van der Waals surface area contributed by atoms with Crippen LogP contribution in [-0.2, 0) is 4.79 Å². The van der Waals surface area contributed by atoms with Gasteiger partial charge in [0.25, 0.3) is 5.91 Å². The van der Waals surface area contributed by atoms with Crippen LogP contribution in [0.5, 0.6) is 5.75 Å². The van der Waals surface area contributed by atoms with Crippen molar-refractivity contribution in [2.24, 2.45) is 0 Å². The molecule has 0 radical (unpaired) electrons. The molecule has 0 bridgehead atoms. The second kappa shape index (κ2) is 9.85. The number of hydrogen-bond acceptors (Lipinski definition) is 6. The first-order valence-corrected chi connectivity index (χ1v) is 11.2. The molecule has 2 N–H and O–H groups in total. The highest BCUT2D eigenvalue weighted by Crippen LogP contribution is 2.26. The second-order valence-electron chi connectivity index (χ2n) is 8.56. The number of rotatable bonds is 7. The summed E-state index contributed by atoms with van der Waals surface area (Å²) in [7, 11) is 3.99. The van der Waals surface area contributed by atoms with Gasteiger partial charge in [-0.2, -0.15) is 4.98 Å². The van der Waals surface area contributed by atoms with Gasteiger partial charge in [-0.1, -0.05) is 30.3 Å². The summed E-state index contributed by atoms with van der Waals surface area (Å²) in [4.78, 5) is 24.0. The fourth-order valence-corrected chi connectivity index (χ4v) is 4.11. The Kier molecular flexibility index (Phi) is 6.73. The van der Waals surface area contributed by atoms with Crippen molar-refractivity contribution in [2.45, 2.75) is 50.8 Å². The van der Waals surface area contributed by atoms with Gasteiger partial charge in [-0.15, -0.1) is 0 Å². The maximum absolute atomic E-state index is 12.5. The Labute approximate surface area is 189 Å². The number of benzene rings is 2. The molecule has 32 heavy (non-hydrogen) atoms. The SMILES string of the molecule is CC(Oc1ccccc1)C(=O)NC1CCC(Nc2nc(N(C)C)c3ccccc3n2)CC1. The number of amides is 1. The van der Waals surface area contributed by atoms with E-state index < -0.39 is 6.10 Å². The zero-order valence-electron chi connectivity index (χ0n) is 18.9. The van der Waals surface area contributed by atoms with Crippen LogP contribution >= 0.6 is 0 Å². The molecular weight excluding hydrogens is 402 g/mol. The number of fused-ring (bicyclic) bond motifs is 1. The summed E-state index contributed by atoms with van der Waals surface area (Å²) in [5, 5.41) is 7.70. The number of nitrogens with one attached hydrogen (secondary N) is 2. The number of para-hydroxylation sites is 2. The Morgan fingerprint density at radius 3 is 2.34 bits per heavy atom. The number of nitrogens with zero attached hydrogens (tertiary/aromatic N) is 3. The molecule has 1 fully saturated rings. The van der Waals surface area contributed by atoms with E-state index in [0.717, 1.165) is 42.4 Å². The maximum atomic E-state index is 12.5. The molecule has 7 nitrogen and oxygen atoms in total. The molecule has 1 amide bonds. The van der Waals surface area contributed by atoms with Crippen molar-refractivity contribution in [2.75, 3.05) is 24.3 Å². The van der Waals surface area contributed by atoms with Crippen molar-refractivity contribution in [1.29, 1.82) is 0 Å². The lowest BCUT2D eigenvalue weighted by molar-refractivity contribution is -0.128. The van der Waals surface area contributed by atoms with Crippen molar-refractivity contribution in [3.8, 4) is 5.75 Å². The minimum Gasteiger partial charge on any atom is -0.481 e. The molecule has 7 heteroatoms. The van der Waals surface area contributed by atoms with Gasteiger partial charge < -0.3 is 20.3 Å². The molecule has 3 aromatic rings. The third-order valence-corrected chi connectivity index (χ3v) is 5.84. The van der Waals surface area contributed by atoms with E-state index in [1.165, 1.54) is 0 Å². The summed E-state index contributed by atoms with van der Waals surface area (Å²) in [5.41, 5.74) is 0.932. The number of carbonyl (C=O) groups excluding carboxylic acids is 1. The third kappa shape index (κ3) is 5.28. The number of anilines is 2. The molecule has 1 atom stereocenters. The molecule has 1 aliphatic carbocycles. The van der Waals surface area contributed by atoms with Crippen molar-refractivity contribution in [3.05, 3.63) is 54.6 Å². The highest BCUT2D eigenvalue weighted by molar-refractivity contribution is 5.90. The smallest absolute Gasteiger partial charge is 0.260 e. The minimum absolute atomic E-state index is 0.0706. The molecule has 2 aromatic carbocycles. The van der Waals surface area contributed by atoms with E-state index in [0.29, 0.717) is 11.7 Å². The first kappa shape index (κ1) is 21.9. The van der Waals surface area contributed by atoms with Gasteiger partial charge in [-0.25, -0.2) is 4.98 Å². The Bertz CT molecular complexity index is 1050. The van der Waals surface area contributed by atoms with Crippen LogP contribution in [-0.4, -0.2) is 48.2 Å². The second-order valence-corrected chi connectivity index (χ2v) is 8.56. The normalized spacial score (nSPS) is 19.2. The zero-order valence-corrected chi connectivity index (χ0v) is 18.9. The van der Waals surface area contributed by atoms with Gasteiger partial charge in [0.2, 0.25) is 5.95 Å². The number of carbonyl (C=O) groups is 1. The van der Waals surface area contributed by atoms with E-state index in [-0.39, 0.29) is 18.0 Å². The van der Waals surface area contributed by atoms with E-state index in [1.54, 1.807) is 6.92 Å². The van der Waals surface area contributed by atoms with Crippen LogP contribution in [0.25, 0.3) is 10.9 Å². The van der Waals surface area contributed by atoms with Crippen molar-refractivity contribution >= 4 is 28.6 Å². The standard InChI is InChI=1S/C25H31N5O2/c1-17(32-20-9-5-4-6-10-20)24(31)26-18-13-15-19(16-14-18)27-25-28-22-12-8-7-11-21(22)23(29-25)30(2)3/h4-12,17-19H,13-16H2,1-3H3,(H,26,31)(H,27,28,29). The van der Waals surface area contributed by atoms with Crippen LogP contribution in [0.4, 0.5) is 11.8 Å². The average molecular weight is 434 g/mol. The average Bonchev–Trinajstić information content (AvgIpc) is 2.80. The summed E-state index contributed by atoms with van der Waals surface area (Å²) >= 11 is 0. The van der Waals surface area contributed by atoms with E-state index in [2.05, 4.69) is 10.6 Å². The summed E-state index contributed by atoms with van der Waals surface area (Å²) < 4.78 is 5.74. The van der Waals surface area contributed by atoms with E-state index in [9.17, 15) is 4.79 Å². The van der Waals surface area contributed by atoms with Gasteiger partial charge in [-0.3, -0.25) is 4.79 Å². The lowest BCUT2D eigenvalue weighted by Crippen LogP contribution is -2.45. The van der Waals surface area contributed by atoms with Crippen LogP contribution in [0.15, 0.2) is 54.6 Å². The Balaban J connectivity index is 1.31. The highest BCUT2D eigenvalue weighted by Gasteiger charge is 2.25. The summed E-state index contributed by atoms with van der Waals surface area (Å²) in [6, 6.07) is 18.0. The molecule has 0 aliphatic heterocycles. The molecular formula is C25H31N5O2. The largest absolute Gasteiger partial charge is 0.481 e. The van der Waals surface area contributed by atoms with Crippen molar-refractivity contribution < 1.29 is 9.53 Å². The van der Waals surface area contributed by atoms with Gasteiger partial charge in [-0.05, 0) is 56.9 Å². The van der Waals surface area contributed by atoms with Gasteiger partial charge in [0.15, 0.2) is 6.10 Å². The fraction of sp³-hybridized carbons (Fsp3) is 0.400. The Morgan fingerprint density at radius 2 is 1.62 bits per heavy atom. The lowest BCUT2D eigenvalue weighted by atomic mass is 9.91. The molecule has 168 valence electrons. The van der Waals surface area contributed by atoms with Crippen molar-refractivity contribution in [1.82, 2.24) is 15.3 Å². The molecule has 0 spiro atoms. The zero-order chi connectivity index (χ0) is 22.5. The van der Waals surface area contributed by atoms with Crippen LogP contribution in [0.2, 0.25) is 0 Å².